The predicted molar refractivity (Wildman–Crippen MR) is 88.4 cm³/mol. The highest BCUT2D eigenvalue weighted by molar-refractivity contribution is 5.95. The quantitative estimate of drug-likeness (QED) is 0.870. The van der Waals surface area contributed by atoms with E-state index in [0.29, 0.717) is 17.2 Å². The van der Waals surface area contributed by atoms with Crippen LogP contribution >= 0.6 is 0 Å². The Morgan fingerprint density at radius 1 is 1.30 bits per heavy atom. The van der Waals surface area contributed by atoms with Gasteiger partial charge < -0.3 is 14.1 Å². The Hall–Kier alpha value is -2.07. The molecule has 1 saturated heterocycles. The van der Waals surface area contributed by atoms with E-state index in [0.717, 1.165) is 25.9 Å². The summed E-state index contributed by atoms with van der Waals surface area (Å²) in [6, 6.07) is 12.2. The number of carbonyl (C=O) groups is 1. The number of benzene rings is 1. The van der Waals surface area contributed by atoms with Crippen molar-refractivity contribution in [3.05, 3.63) is 59.5 Å². The van der Waals surface area contributed by atoms with Gasteiger partial charge in [-0.2, -0.15) is 0 Å². The van der Waals surface area contributed by atoms with Gasteiger partial charge in [-0.3, -0.25) is 4.79 Å². The van der Waals surface area contributed by atoms with E-state index < -0.39 is 0 Å². The summed E-state index contributed by atoms with van der Waals surface area (Å²) in [7, 11) is 1.76. The molecule has 0 unspecified atom stereocenters. The Morgan fingerprint density at radius 3 is 2.74 bits per heavy atom. The second kappa shape index (κ2) is 7.01. The van der Waals surface area contributed by atoms with Gasteiger partial charge in [0.25, 0.3) is 5.91 Å². The molecular formula is C19H23NO3. The number of aryl methyl sites for hydroxylation is 1. The largest absolute Gasteiger partial charge is 0.469 e. The van der Waals surface area contributed by atoms with Gasteiger partial charge in [-0.05, 0) is 31.4 Å². The molecule has 2 atom stereocenters. The fourth-order valence-corrected chi connectivity index (χ4v) is 3.40. The summed E-state index contributed by atoms with van der Waals surface area (Å²) < 4.78 is 10.9. The Balaban J connectivity index is 1.73. The van der Waals surface area contributed by atoms with E-state index in [1.54, 1.807) is 19.4 Å². The molecule has 1 aliphatic heterocycles. The van der Waals surface area contributed by atoms with Crippen molar-refractivity contribution in [2.45, 2.75) is 25.9 Å². The molecule has 122 valence electrons. The van der Waals surface area contributed by atoms with Gasteiger partial charge >= 0.3 is 0 Å². The summed E-state index contributed by atoms with van der Waals surface area (Å²) in [6.45, 7) is 3.28. The Morgan fingerprint density at radius 2 is 2.09 bits per heavy atom. The van der Waals surface area contributed by atoms with Gasteiger partial charge in [0.1, 0.15) is 5.76 Å². The molecule has 23 heavy (non-hydrogen) atoms. The van der Waals surface area contributed by atoms with Gasteiger partial charge in [0.05, 0.1) is 17.9 Å². The van der Waals surface area contributed by atoms with Crippen LogP contribution in [0.5, 0.6) is 0 Å². The molecule has 1 amide bonds. The van der Waals surface area contributed by atoms with Crippen LogP contribution in [0.25, 0.3) is 0 Å². The highest BCUT2D eigenvalue weighted by atomic mass is 16.5. The number of hydrogen-bond acceptors (Lipinski definition) is 3. The molecule has 1 fully saturated rings. The number of nitrogens with zero attached hydrogens (tertiary/aromatic N) is 1. The molecule has 4 nitrogen and oxygen atoms in total. The van der Waals surface area contributed by atoms with Crippen molar-refractivity contribution in [1.29, 1.82) is 0 Å². The summed E-state index contributed by atoms with van der Waals surface area (Å²) in [5.74, 6) is 1.06. The number of rotatable bonds is 4. The molecule has 0 bridgehead atoms. The topological polar surface area (TPSA) is 42.7 Å². The highest BCUT2D eigenvalue weighted by Crippen LogP contribution is 2.25. The molecule has 1 aromatic carbocycles. The minimum Gasteiger partial charge on any atom is -0.469 e. The third-order valence-corrected chi connectivity index (χ3v) is 4.68. The lowest BCUT2D eigenvalue weighted by Gasteiger charge is -2.38. The minimum absolute atomic E-state index is 0.0591. The van der Waals surface area contributed by atoms with Crippen LogP contribution in [0.3, 0.4) is 0 Å². The zero-order valence-corrected chi connectivity index (χ0v) is 13.7. The SMILES string of the molecule is CO[C@@H]1CCN(C(=O)c2ccoc2C)C[C@@H]1Cc1ccccc1. The van der Waals surface area contributed by atoms with E-state index in [2.05, 4.69) is 24.3 Å². The van der Waals surface area contributed by atoms with E-state index in [1.807, 2.05) is 17.9 Å². The van der Waals surface area contributed by atoms with Crippen molar-refractivity contribution in [2.75, 3.05) is 20.2 Å². The first kappa shape index (κ1) is 15.8. The van der Waals surface area contributed by atoms with Crippen molar-refractivity contribution >= 4 is 5.91 Å². The second-order valence-electron chi connectivity index (χ2n) is 6.15. The van der Waals surface area contributed by atoms with Crippen LogP contribution in [0.1, 0.15) is 28.1 Å². The first-order valence-electron chi connectivity index (χ1n) is 8.09. The van der Waals surface area contributed by atoms with Crippen LogP contribution in [-0.4, -0.2) is 37.1 Å². The minimum atomic E-state index is 0.0591. The standard InChI is InChI=1S/C19H23NO3/c1-14-17(9-11-23-14)19(21)20-10-8-18(22-2)16(13-20)12-15-6-4-3-5-7-15/h3-7,9,11,16,18H,8,10,12-13H2,1-2H3/t16-,18+/m0/s1. The van der Waals surface area contributed by atoms with Gasteiger partial charge in [-0.15, -0.1) is 0 Å². The van der Waals surface area contributed by atoms with Crippen molar-refractivity contribution in [3.63, 3.8) is 0 Å². The summed E-state index contributed by atoms with van der Waals surface area (Å²) in [6.07, 6.45) is 3.57. The third kappa shape index (κ3) is 3.48. The Labute approximate surface area is 137 Å². The lowest BCUT2D eigenvalue weighted by Crippen LogP contribution is -2.47. The molecular weight excluding hydrogens is 290 g/mol. The van der Waals surface area contributed by atoms with Crippen molar-refractivity contribution in [2.24, 2.45) is 5.92 Å². The number of carbonyl (C=O) groups excluding carboxylic acids is 1. The molecule has 0 spiro atoms. The number of methoxy groups -OCH3 is 1. The molecule has 2 aromatic rings. The van der Waals surface area contributed by atoms with E-state index >= 15 is 0 Å². The number of piperidine rings is 1. The first-order valence-corrected chi connectivity index (χ1v) is 8.09. The van der Waals surface area contributed by atoms with Gasteiger partial charge in [0, 0.05) is 26.1 Å². The molecule has 0 saturated carbocycles. The van der Waals surface area contributed by atoms with Crippen LogP contribution in [0, 0.1) is 12.8 Å². The lowest BCUT2D eigenvalue weighted by atomic mass is 9.88. The van der Waals surface area contributed by atoms with Crippen LogP contribution in [0.15, 0.2) is 47.1 Å². The van der Waals surface area contributed by atoms with Gasteiger partial charge in [0.2, 0.25) is 0 Å². The Kier molecular flexibility index (Phi) is 4.82. The van der Waals surface area contributed by atoms with Crippen LogP contribution in [0.4, 0.5) is 0 Å². The zero-order valence-electron chi connectivity index (χ0n) is 13.7. The summed E-state index contributed by atoms with van der Waals surface area (Å²) in [5, 5.41) is 0. The van der Waals surface area contributed by atoms with Crippen molar-refractivity contribution < 1.29 is 13.9 Å². The molecule has 1 aliphatic rings. The van der Waals surface area contributed by atoms with Gasteiger partial charge in [-0.1, -0.05) is 30.3 Å². The summed E-state index contributed by atoms with van der Waals surface area (Å²) in [5.41, 5.74) is 1.95. The fourth-order valence-electron chi connectivity index (χ4n) is 3.40. The Bertz CT molecular complexity index is 650. The van der Waals surface area contributed by atoms with E-state index in [4.69, 9.17) is 9.15 Å². The van der Waals surface area contributed by atoms with Gasteiger partial charge in [0.15, 0.2) is 0 Å². The average molecular weight is 313 g/mol. The molecule has 3 rings (SSSR count). The van der Waals surface area contributed by atoms with Crippen molar-refractivity contribution in [3.8, 4) is 0 Å². The normalized spacial score (nSPS) is 21.4. The number of furan rings is 1. The summed E-state index contributed by atoms with van der Waals surface area (Å²) in [4.78, 5) is 14.6. The first-order chi connectivity index (χ1) is 11.2. The third-order valence-electron chi connectivity index (χ3n) is 4.68. The molecule has 4 heteroatoms. The lowest BCUT2D eigenvalue weighted by molar-refractivity contribution is -0.00303. The molecule has 2 heterocycles. The zero-order chi connectivity index (χ0) is 16.2. The molecule has 1 aromatic heterocycles. The van der Waals surface area contributed by atoms with E-state index in [1.165, 1.54) is 5.56 Å². The fraction of sp³-hybridized carbons (Fsp3) is 0.421. The average Bonchev–Trinajstić information content (AvgIpc) is 3.01. The maximum absolute atomic E-state index is 12.7. The molecule has 0 radical (unpaired) electrons. The van der Waals surface area contributed by atoms with Crippen molar-refractivity contribution in [1.82, 2.24) is 4.90 Å². The molecule has 0 N–H and O–H groups in total. The van der Waals surface area contributed by atoms with E-state index in [9.17, 15) is 4.79 Å². The number of ether oxygens (including phenoxy) is 1. The number of hydrogen-bond donors (Lipinski definition) is 0. The summed E-state index contributed by atoms with van der Waals surface area (Å²) >= 11 is 0. The monoisotopic (exact) mass is 313 g/mol. The highest BCUT2D eigenvalue weighted by Gasteiger charge is 2.32. The number of likely N-dealkylation sites (tertiary alicyclic amines) is 1. The predicted octanol–water partition coefficient (Wildman–Crippen LogP) is 3.31. The maximum atomic E-state index is 12.7. The van der Waals surface area contributed by atoms with Crippen LogP contribution in [0.2, 0.25) is 0 Å². The smallest absolute Gasteiger partial charge is 0.257 e. The van der Waals surface area contributed by atoms with E-state index in [-0.39, 0.29) is 12.0 Å². The maximum Gasteiger partial charge on any atom is 0.257 e. The second-order valence-corrected chi connectivity index (χ2v) is 6.15. The van der Waals surface area contributed by atoms with Crippen LogP contribution < -0.4 is 0 Å². The van der Waals surface area contributed by atoms with Gasteiger partial charge in [-0.25, -0.2) is 0 Å². The number of amides is 1. The van der Waals surface area contributed by atoms with Crippen LogP contribution in [-0.2, 0) is 11.2 Å². The molecule has 0 aliphatic carbocycles.